The van der Waals surface area contributed by atoms with Gasteiger partial charge in [-0.1, -0.05) is 36.4 Å². The molecule has 0 spiro atoms. The third kappa shape index (κ3) is 3.25. The van der Waals surface area contributed by atoms with Crippen LogP contribution in [0.5, 0.6) is 0 Å². The fraction of sp³-hybridized carbons (Fsp3) is 0.0952. The Balaban J connectivity index is 1.61. The number of fused-ring (bicyclic) bond motifs is 2. The molecule has 0 bridgehead atoms. The van der Waals surface area contributed by atoms with Crippen molar-refractivity contribution in [2.45, 2.75) is 12.5 Å². The predicted octanol–water partition coefficient (Wildman–Crippen LogP) is 2.70. The van der Waals surface area contributed by atoms with Crippen LogP contribution >= 0.6 is 0 Å². The van der Waals surface area contributed by atoms with Gasteiger partial charge in [-0.3, -0.25) is 4.79 Å². The summed E-state index contributed by atoms with van der Waals surface area (Å²) in [4.78, 5) is 39.5. The van der Waals surface area contributed by atoms with E-state index in [0.717, 1.165) is 16.5 Å². The first-order valence-corrected chi connectivity index (χ1v) is 8.64. The number of carboxylic acids is 1. The van der Waals surface area contributed by atoms with E-state index in [1.54, 1.807) is 30.5 Å². The number of carbonyl (C=O) groups excluding carboxylic acids is 1. The molecule has 1 atom stereocenters. The van der Waals surface area contributed by atoms with E-state index in [0.29, 0.717) is 11.0 Å². The first-order chi connectivity index (χ1) is 13.5. The molecule has 0 saturated carbocycles. The number of aromatic amines is 1. The van der Waals surface area contributed by atoms with Crippen LogP contribution in [-0.4, -0.2) is 28.0 Å². The summed E-state index contributed by atoms with van der Waals surface area (Å²) in [5.41, 5.74) is 0.950. The van der Waals surface area contributed by atoms with Crippen LogP contribution < -0.4 is 10.9 Å². The SMILES string of the molecule is O=C(NC(Cc1c[nH]c2ccccc12)C(=O)O)c1cc2ccccc2oc1=O. The van der Waals surface area contributed by atoms with Crippen molar-refractivity contribution in [2.75, 3.05) is 0 Å². The first-order valence-electron chi connectivity index (χ1n) is 8.64. The molecular formula is C21H16N2O5. The molecule has 4 aromatic rings. The van der Waals surface area contributed by atoms with Crippen LogP contribution in [0.2, 0.25) is 0 Å². The summed E-state index contributed by atoms with van der Waals surface area (Å²) in [6, 6.07) is 14.5. The number of hydrogen-bond acceptors (Lipinski definition) is 4. The second-order valence-corrected chi connectivity index (χ2v) is 6.41. The molecule has 0 aliphatic carbocycles. The highest BCUT2D eigenvalue weighted by atomic mass is 16.4. The standard InChI is InChI=1S/C21H16N2O5/c24-19(15-9-12-5-1-4-8-18(12)28-21(15)27)23-17(20(25)26)10-13-11-22-16-7-3-2-6-14(13)16/h1-9,11,17,22H,10H2,(H,23,24)(H,25,26). The lowest BCUT2D eigenvalue weighted by molar-refractivity contribution is -0.139. The largest absolute Gasteiger partial charge is 0.480 e. The average Bonchev–Trinajstić information content (AvgIpc) is 3.09. The number of aliphatic carboxylic acids is 1. The van der Waals surface area contributed by atoms with Crippen molar-refractivity contribution in [1.29, 1.82) is 0 Å². The number of amides is 1. The molecule has 4 rings (SSSR count). The van der Waals surface area contributed by atoms with Gasteiger partial charge < -0.3 is 19.8 Å². The maximum atomic E-state index is 12.6. The molecule has 28 heavy (non-hydrogen) atoms. The van der Waals surface area contributed by atoms with E-state index < -0.39 is 23.5 Å². The van der Waals surface area contributed by atoms with Crippen LogP contribution in [0, 0.1) is 0 Å². The topological polar surface area (TPSA) is 112 Å². The molecule has 2 aromatic carbocycles. The Labute approximate surface area is 158 Å². The molecule has 2 heterocycles. The van der Waals surface area contributed by atoms with Gasteiger partial charge in [0.1, 0.15) is 17.2 Å². The Hall–Kier alpha value is -3.87. The lowest BCUT2D eigenvalue weighted by Crippen LogP contribution is -2.43. The van der Waals surface area contributed by atoms with Crippen LogP contribution in [0.4, 0.5) is 0 Å². The number of nitrogens with one attached hydrogen (secondary N) is 2. The van der Waals surface area contributed by atoms with E-state index in [1.807, 2.05) is 24.3 Å². The molecule has 0 radical (unpaired) electrons. The Morgan fingerprint density at radius 3 is 2.68 bits per heavy atom. The molecule has 1 amide bonds. The maximum absolute atomic E-state index is 12.6. The highest BCUT2D eigenvalue weighted by molar-refractivity contribution is 5.98. The molecule has 7 heteroatoms. The van der Waals surface area contributed by atoms with Gasteiger partial charge in [0.25, 0.3) is 5.91 Å². The summed E-state index contributed by atoms with van der Waals surface area (Å²) in [5, 5.41) is 13.4. The van der Waals surface area contributed by atoms with E-state index in [4.69, 9.17) is 4.42 Å². The van der Waals surface area contributed by atoms with E-state index >= 15 is 0 Å². The zero-order valence-electron chi connectivity index (χ0n) is 14.6. The summed E-state index contributed by atoms with van der Waals surface area (Å²) >= 11 is 0. The van der Waals surface area contributed by atoms with Gasteiger partial charge in [-0.25, -0.2) is 9.59 Å². The van der Waals surface area contributed by atoms with Crippen molar-refractivity contribution in [3.8, 4) is 0 Å². The molecule has 0 aliphatic rings. The van der Waals surface area contributed by atoms with Crippen molar-refractivity contribution in [1.82, 2.24) is 10.3 Å². The fourth-order valence-corrected chi connectivity index (χ4v) is 3.18. The van der Waals surface area contributed by atoms with Gasteiger partial charge in [0.15, 0.2) is 0 Å². The molecule has 7 nitrogen and oxygen atoms in total. The zero-order valence-corrected chi connectivity index (χ0v) is 14.6. The van der Waals surface area contributed by atoms with Crippen molar-refractivity contribution >= 4 is 33.7 Å². The van der Waals surface area contributed by atoms with Crippen LogP contribution in [0.1, 0.15) is 15.9 Å². The third-order valence-corrected chi connectivity index (χ3v) is 4.59. The summed E-state index contributed by atoms with van der Waals surface area (Å²) in [5.74, 6) is -1.98. The van der Waals surface area contributed by atoms with Crippen molar-refractivity contribution < 1.29 is 19.1 Å². The van der Waals surface area contributed by atoms with Crippen LogP contribution in [0.25, 0.3) is 21.9 Å². The third-order valence-electron chi connectivity index (χ3n) is 4.59. The Bertz CT molecular complexity index is 1250. The zero-order chi connectivity index (χ0) is 19.7. The van der Waals surface area contributed by atoms with Gasteiger partial charge in [-0.15, -0.1) is 0 Å². The van der Waals surface area contributed by atoms with Crippen LogP contribution in [0.3, 0.4) is 0 Å². The Morgan fingerprint density at radius 1 is 1.11 bits per heavy atom. The van der Waals surface area contributed by atoms with Gasteiger partial charge in [-0.2, -0.15) is 0 Å². The molecule has 140 valence electrons. The molecule has 0 aliphatic heterocycles. The Morgan fingerprint density at radius 2 is 1.86 bits per heavy atom. The molecule has 0 fully saturated rings. The number of carbonyl (C=O) groups is 2. The summed E-state index contributed by atoms with van der Waals surface area (Å²) in [6.45, 7) is 0. The smallest absolute Gasteiger partial charge is 0.349 e. The van der Waals surface area contributed by atoms with Gasteiger partial charge >= 0.3 is 11.6 Å². The predicted molar refractivity (Wildman–Crippen MR) is 103 cm³/mol. The minimum Gasteiger partial charge on any atom is -0.480 e. The van der Waals surface area contributed by atoms with E-state index in [-0.39, 0.29) is 12.0 Å². The molecule has 1 unspecified atom stereocenters. The number of hydrogen-bond donors (Lipinski definition) is 3. The Kier molecular flexibility index (Phi) is 4.41. The molecule has 2 aromatic heterocycles. The second-order valence-electron chi connectivity index (χ2n) is 6.41. The van der Waals surface area contributed by atoms with Gasteiger partial charge in [0, 0.05) is 28.9 Å². The normalized spacial score (nSPS) is 12.1. The number of benzene rings is 2. The number of para-hydroxylation sites is 2. The molecular weight excluding hydrogens is 360 g/mol. The highest BCUT2D eigenvalue weighted by Gasteiger charge is 2.24. The summed E-state index contributed by atoms with van der Waals surface area (Å²) < 4.78 is 5.15. The summed E-state index contributed by atoms with van der Waals surface area (Å²) in [7, 11) is 0. The van der Waals surface area contributed by atoms with Crippen molar-refractivity contribution in [3.63, 3.8) is 0 Å². The van der Waals surface area contributed by atoms with E-state index in [2.05, 4.69) is 10.3 Å². The van der Waals surface area contributed by atoms with Gasteiger partial charge in [0.05, 0.1) is 0 Å². The number of carboxylic acid groups (broad SMARTS) is 1. The molecule has 0 saturated heterocycles. The van der Waals surface area contributed by atoms with E-state index in [1.165, 1.54) is 6.07 Å². The minimum absolute atomic E-state index is 0.0734. The minimum atomic E-state index is -1.20. The molecule has 3 N–H and O–H groups in total. The lowest BCUT2D eigenvalue weighted by Gasteiger charge is -2.14. The van der Waals surface area contributed by atoms with Crippen LogP contribution in [0.15, 0.2) is 70.0 Å². The van der Waals surface area contributed by atoms with Crippen LogP contribution in [-0.2, 0) is 11.2 Å². The van der Waals surface area contributed by atoms with Crippen molar-refractivity contribution in [3.05, 3.63) is 82.3 Å². The number of rotatable bonds is 5. The van der Waals surface area contributed by atoms with Gasteiger partial charge in [0.2, 0.25) is 0 Å². The van der Waals surface area contributed by atoms with E-state index in [9.17, 15) is 19.5 Å². The summed E-state index contributed by atoms with van der Waals surface area (Å²) in [6.07, 6.45) is 1.79. The highest BCUT2D eigenvalue weighted by Crippen LogP contribution is 2.19. The van der Waals surface area contributed by atoms with Gasteiger partial charge in [-0.05, 0) is 23.8 Å². The first kappa shape index (κ1) is 17.5. The fourth-order valence-electron chi connectivity index (χ4n) is 3.18. The quantitative estimate of drug-likeness (QED) is 0.464. The average molecular weight is 376 g/mol. The monoisotopic (exact) mass is 376 g/mol. The number of H-pyrrole nitrogens is 1. The second kappa shape index (κ2) is 7.03. The number of aromatic nitrogens is 1. The lowest BCUT2D eigenvalue weighted by atomic mass is 10.0. The maximum Gasteiger partial charge on any atom is 0.349 e. The van der Waals surface area contributed by atoms with Crippen molar-refractivity contribution in [2.24, 2.45) is 0 Å².